The van der Waals surface area contributed by atoms with E-state index in [1.54, 1.807) is 13.0 Å². The number of aromatic nitrogens is 1. The number of amides is 1. The summed E-state index contributed by atoms with van der Waals surface area (Å²) in [5.74, 6) is -0.152. The molecular weight excluding hydrogens is 288 g/mol. The Morgan fingerprint density at radius 2 is 2.38 bits per heavy atom. The third-order valence-electron chi connectivity index (χ3n) is 1.90. The number of halogens is 1. The first-order chi connectivity index (χ1) is 7.69. The van der Waals surface area contributed by atoms with Crippen LogP contribution in [0.3, 0.4) is 0 Å². The predicted molar refractivity (Wildman–Crippen MR) is 70.8 cm³/mol. The average molecular weight is 297 g/mol. The van der Waals surface area contributed by atoms with E-state index in [0.29, 0.717) is 5.13 Å². The molecule has 0 saturated carbocycles. The molecule has 0 saturated heterocycles. The van der Waals surface area contributed by atoms with E-state index in [0.717, 1.165) is 14.7 Å². The standard InChI is InChI=1S/C11H9BrN2OS/c1-2-3-10(15)14-11-13-8-5-4-7(12)6-9(8)16-11/h2-6H,1H3,(H,13,14,15). The number of thiazole rings is 1. The summed E-state index contributed by atoms with van der Waals surface area (Å²) in [6.07, 6.45) is 3.17. The van der Waals surface area contributed by atoms with Crippen LogP contribution in [0.15, 0.2) is 34.8 Å². The van der Waals surface area contributed by atoms with Gasteiger partial charge in [0.1, 0.15) is 0 Å². The summed E-state index contributed by atoms with van der Waals surface area (Å²) >= 11 is 4.86. The maximum Gasteiger partial charge on any atom is 0.249 e. The summed E-state index contributed by atoms with van der Waals surface area (Å²) in [5, 5.41) is 3.34. The van der Waals surface area contributed by atoms with E-state index >= 15 is 0 Å². The molecule has 1 heterocycles. The van der Waals surface area contributed by atoms with Crippen LogP contribution in [0, 0.1) is 0 Å². The smallest absolute Gasteiger partial charge is 0.249 e. The van der Waals surface area contributed by atoms with Crippen molar-refractivity contribution in [2.45, 2.75) is 6.92 Å². The zero-order valence-corrected chi connectivity index (χ0v) is 10.9. The summed E-state index contributed by atoms with van der Waals surface area (Å²) in [6.45, 7) is 1.80. The molecule has 82 valence electrons. The van der Waals surface area contributed by atoms with Crippen LogP contribution >= 0.6 is 27.3 Å². The van der Waals surface area contributed by atoms with Crippen LogP contribution < -0.4 is 5.32 Å². The molecule has 0 aliphatic rings. The van der Waals surface area contributed by atoms with Crippen molar-refractivity contribution in [2.24, 2.45) is 0 Å². The fourth-order valence-electron chi connectivity index (χ4n) is 1.25. The van der Waals surface area contributed by atoms with Crippen molar-refractivity contribution in [2.75, 3.05) is 5.32 Å². The molecule has 2 rings (SSSR count). The lowest BCUT2D eigenvalue weighted by Gasteiger charge is -1.93. The quantitative estimate of drug-likeness (QED) is 0.861. The van der Waals surface area contributed by atoms with Gasteiger partial charge < -0.3 is 0 Å². The highest BCUT2D eigenvalue weighted by Crippen LogP contribution is 2.28. The lowest BCUT2D eigenvalue weighted by molar-refractivity contribution is -0.111. The number of allylic oxidation sites excluding steroid dienone is 1. The summed E-state index contributed by atoms with van der Waals surface area (Å²) in [7, 11) is 0. The highest BCUT2D eigenvalue weighted by atomic mass is 79.9. The Balaban J connectivity index is 2.29. The largest absolute Gasteiger partial charge is 0.298 e. The fourth-order valence-corrected chi connectivity index (χ4v) is 2.67. The van der Waals surface area contributed by atoms with Crippen molar-refractivity contribution in [3.8, 4) is 0 Å². The van der Waals surface area contributed by atoms with Crippen molar-refractivity contribution in [1.82, 2.24) is 4.98 Å². The van der Waals surface area contributed by atoms with Gasteiger partial charge in [-0.15, -0.1) is 0 Å². The molecule has 0 radical (unpaired) electrons. The van der Waals surface area contributed by atoms with E-state index in [-0.39, 0.29) is 5.91 Å². The Kier molecular flexibility index (Phi) is 3.36. The second-order valence-electron chi connectivity index (χ2n) is 3.12. The summed E-state index contributed by atoms with van der Waals surface area (Å²) < 4.78 is 2.06. The molecule has 0 unspecified atom stereocenters. The van der Waals surface area contributed by atoms with Gasteiger partial charge in [-0.2, -0.15) is 0 Å². The number of fused-ring (bicyclic) bond motifs is 1. The Bertz CT molecular complexity index is 562. The van der Waals surface area contributed by atoms with Crippen LogP contribution in [0.1, 0.15) is 6.92 Å². The third kappa shape index (κ3) is 2.48. The molecule has 1 amide bonds. The van der Waals surface area contributed by atoms with Crippen molar-refractivity contribution in [3.63, 3.8) is 0 Å². The highest BCUT2D eigenvalue weighted by Gasteiger charge is 2.05. The predicted octanol–water partition coefficient (Wildman–Crippen LogP) is 3.57. The molecule has 1 aromatic carbocycles. The third-order valence-corrected chi connectivity index (χ3v) is 3.33. The minimum absolute atomic E-state index is 0.152. The van der Waals surface area contributed by atoms with Gasteiger partial charge in [-0.1, -0.05) is 33.3 Å². The first-order valence-electron chi connectivity index (χ1n) is 4.69. The van der Waals surface area contributed by atoms with Gasteiger partial charge in [-0.05, 0) is 31.2 Å². The SMILES string of the molecule is CC=CC(=O)Nc1nc2ccc(Br)cc2s1. The Morgan fingerprint density at radius 3 is 3.12 bits per heavy atom. The topological polar surface area (TPSA) is 42.0 Å². The Hall–Kier alpha value is -1.20. The average Bonchev–Trinajstić information content (AvgIpc) is 2.59. The minimum Gasteiger partial charge on any atom is -0.298 e. The monoisotopic (exact) mass is 296 g/mol. The van der Waals surface area contributed by atoms with Gasteiger partial charge in [0.05, 0.1) is 10.2 Å². The number of carbonyl (C=O) groups excluding carboxylic acids is 1. The number of anilines is 1. The van der Waals surface area contributed by atoms with Gasteiger partial charge in [-0.25, -0.2) is 4.98 Å². The summed E-state index contributed by atoms with van der Waals surface area (Å²) in [6, 6.07) is 5.83. The number of hydrogen-bond acceptors (Lipinski definition) is 3. The molecule has 0 spiro atoms. The first-order valence-corrected chi connectivity index (χ1v) is 6.30. The highest BCUT2D eigenvalue weighted by molar-refractivity contribution is 9.10. The normalized spacial score (nSPS) is 11.1. The molecule has 5 heteroatoms. The number of rotatable bonds is 2. The Morgan fingerprint density at radius 1 is 1.56 bits per heavy atom. The van der Waals surface area contributed by atoms with Crippen molar-refractivity contribution >= 4 is 48.5 Å². The maximum atomic E-state index is 11.3. The summed E-state index contributed by atoms with van der Waals surface area (Å²) in [4.78, 5) is 15.6. The van der Waals surface area contributed by atoms with E-state index in [1.165, 1.54) is 17.4 Å². The molecule has 1 aromatic heterocycles. The number of nitrogens with one attached hydrogen (secondary N) is 1. The van der Waals surface area contributed by atoms with E-state index in [4.69, 9.17) is 0 Å². The van der Waals surface area contributed by atoms with E-state index < -0.39 is 0 Å². The molecule has 16 heavy (non-hydrogen) atoms. The number of carbonyl (C=O) groups is 1. The van der Waals surface area contributed by atoms with Gasteiger partial charge in [-0.3, -0.25) is 10.1 Å². The van der Waals surface area contributed by atoms with E-state index in [2.05, 4.69) is 26.2 Å². The summed E-state index contributed by atoms with van der Waals surface area (Å²) in [5.41, 5.74) is 0.893. The first kappa shape index (κ1) is 11.3. The molecule has 2 aromatic rings. The van der Waals surface area contributed by atoms with Crippen molar-refractivity contribution < 1.29 is 4.79 Å². The van der Waals surface area contributed by atoms with Crippen LogP contribution in [0.4, 0.5) is 5.13 Å². The lowest BCUT2D eigenvalue weighted by Crippen LogP contribution is -2.06. The fraction of sp³-hybridized carbons (Fsp3) is 0.0909. The van der Waals surface area contributed by atoms with Gasteiger partial charge in [0, 0.05) is 4.47 Å². The molecular formula is C11H9BrN2OS. The molecule has 1 N–H and O–H groups in total. The van der Waals surface area contributed by atoms with Gasteiger partial charge in [0.2, 0.25) is 5.91 Å². The Labute approximate surface area is 105 Å². The van der Waals surface area contributed by atoms with Crippen molar-refractivity contribution in [3.05, 3.63) is 34.8 Å². The van der Waals surface area contributed by atoms with Crippen LogP contribution in [-0.4, -0.2) is 10.9 Å². The molecule has 0 atom stereocenters. The molecule has 0 aliphatic heterocycles. The van der Waals surface area contributed by atoms with Crippen LogP contribution in [0.25, 0.3) is 10.2 Å². The molecule has 0 fully saturated rings. The van der Waals surface area contributed by atoms with Crippen LogP contribution in [-0.2, 0) is 4.79 Å². The van der Waals surface area contributed by atoms with Crippen LogP contribution in [0.5, 0.6) is 0 Å². The lowest BCUT2D eigenvalue weighted by atomic mass is 10.3. The van der Waals surface area contributed by atoms with E-state index in [1.807, 2.05) is 18.2 Å². The molecule has 0 bridgehead atoms. The molecule has 3 nitrogen and oxygen atoms in total. The number of hydrogen-bond donors (Lipinski definition) is 1. The molecule has 0 aliphatic carbocycles. The maximum absolute atomic E-state index is 11.3. The van der Waals surface area contributed by atoms with Crippen LogP contribution in [0.2, 0.25) is 0 Å². The zero-order valence-electron chi connectivity index (χ0n) is 8.53. The second kappa shape index (κ2) is 4.76. The van der Waals surface area contributed by atoms with Gasteiger partial charge >= 0.3 is 0 Å². The number of benzene rings is 1. The van der Waals surface area contributed by atoms with Gasteiger partial charge in [0.15, 0.2) is 5.13 Å². The number of nitrogens with zero attached hydrogens (tertiary/aromatic N) is 1. The van der Waals surface area contributed by atoms with Crippen molar-refractivity contribution in [1.29, 1.82) is 0 Å². The van der Waals surface area contributed by atoms with E-state index in [9.17, 15) is 4.79 Å². The van der Waals surface area contributed by atoms with Gasteiger partial charge in [0.25, 0.3) is 0 Å². The second-order valence-corrected chi connectivity index (χ2v) is 5.07. The minimum atomic E-state index is -0.152. The zero-order chi connectivity index (χ0) is 11.5.